The van der Waals surface area contributed by atoms with E-state index >= 15 is 0 Å². The van der Waals surface area contributed by atoms with Gasteiger partial charge < -0.3 is 9.80 Å². The first kappa shape index (κ1) is 12.8. The van der Waals surface area contributed by atoms with E-state index in [1.807, 2.05) is 36.2 Å². The molecule has 1 saturated heterocycles. The second-order valence-corrected chi connectivity index (χ2v) is 5.12. The standard InChI is InChI=1S/C15H18N4O/c1-18(9-10-19-8-4-7-14(19)20)15-12-5-2-3-6-13(12)16-11-17-15/h2-3,5-6,11H,4,7-10H2,1H3. The van der Waals surface area contributed by atoms with Crippen LogP contribution in [0.2, 0.25) is 0 Å². The van der Waals surface area contributed by atoms with Gasteiger partial charge in [0.2, 0.25) is 5.91 Å². The average Bonchev–Trinajstić information content (AvgIpc) is 2.89. The lowest BCUT2D eigenvalue weighted by molar-refractivity contribution is -0.127. The fourth-order valence-electron chi connectivity index (χ4n) is 2.61. The largest absolute Gasteiger partial charge is 0.357 e. The quantitative estimate of drug-likeness (QED) is 0.848. The van der Waals surface area contributed by atoms with Gasteiger partial charge in [-0.1, -0.05) is 12.1 Å². The van der Waals surface area contributed by atoms with Gasteiger partial charge in [0.15, 0.2) is 0 Å². The number of likely N-dealkylation sites (N-methyl/N-ethyl adjacent to an activating group) is 1. The third-order valence-electron chi connectivity index (χ3n) is 3.76. The Bertz CT molecular complexity index is 623. The van der Waals surface area contributed by atoms with E-state index in [2.05, 4.69) is 14.9 Å². The molecule has 0 bridgehead atoms. The van der Waals surface area contributed by atoms with Crippen LogP contribution in [0.3, 0.4) is 0 Å². The van der Waals surface area contributed by atoms with E-state index in [0.717, 1.165) is 42.8 Å². The third-order valence-corrected chi connectivity index (χ3v) is 3.76. The van der Waals surface area contributed by atoms with Crippen LogP contribution in [-0.2, 0) is 4.79 Å². The number of fused-ring (bicyclic) bond motifs is 1. The Morgan fingerprint density at radius 3 is 2.95 bits per heavy atom. The Hall–Kier alpha value is -2.17. The Balaban J connectivity index is 1.75. The lowest BCUT2D eigenvalue weighted by Crippen LogP contribution is -2.34. The SMILES string of the molecule is CN(CCN1CCCC1=O)c1ncnc2ccccc12. The molecule has 1 fully saturated rings. The van der Waals surface area contributed by atoms with Crippen molar-refractivity contribution in [3.8, 4) is 0 Å². The monoisotopic (exact) mass is 270 g/mol. The van der Waals surface area contributed by atoms with Crippen molar-refractivity contribution in [2.45, 2.75) is 12.8 Å². The zero-order chi connectivity index (χ0) is 13.9. The summed E-state index contributed by atoms with van der Waals surface area (Å²) in [6.45, 7) is 2.43. The molecule has 20 heavy (non-hydrogen) atoms. The highest BCUT2D eigenvalue weighted by Gasteiger charge is 2.20. The van der Waals surface area contributed by atoms with E-state index in [9.17, 15) is 4.79 Å². The van der Waals surface area contributed by atoms with Crippen molar-refractivity contribution in [1.29, 1.82) is 0 Å². The highest BCUT2D eigenvalue weighted by molar-refractivity contribution is 5.89. The summed E-state index contributed by atoms with van der Waals surface area (Å²) in [5, 5.41) is 1.05. The number of likely N-dealkylation sites (tertiary alicyclic amines) is 1. The molecule has 0 saturated carbocycles. The number of hydrogen-bond donors (Lipinski definition) is 0. The summed E-state index contributed by atoms with van der Waals surface area (Å²) in [6.07, 6.45) is 3.27. The summed E-state index contributed by atoms with van der Waals surface area (Å²) >= 11 is 0. The lowest BCUT2D eigenvalue weighted by atomic mass is 10.2. The van der Waals surface area contributed by atoms with E-state index in [-0.39, 0.29) is 5.91 Å². The molecule has 2 heterocycles. The van der Waals surface area contributed by atoms with Gasteiger partial charge in [0.25, 0.3) is 0 Å². The van der Waals surface area contributed by atoms with Crippen molar-refractivity contribution < 1.29 is 4.79 Å². The summed E-state index contributed by atoms with van der Waals surface area (Å²) in [6, 6.07) is 7.98. The van der Waals surface area contributed by atoms with Crippen molar-refractivity contribution in [2.24, 2.45) is 0 Å². The maximum atomic E-state index is 11.6. The van der Waals surface area contributed by atoms with Crippen LogP contribution >= 0.6 is 0 Å². The van der Waals surface area contributed by atoms with Crippen LogP contribution in [0.15, 0.2) is 30.6 Å². The van der Waals surface area contributed by atoms with E-state index in [1.165, 1.54) is 0 Å². The summed E-state index contributed by atoms with van der Waals surface area (Å²) in [5.74, 6) is 1.19. The van der Waals surface area contributed by atoms with Crippen LogP contribution in [-0.4, -0.2) is 47.5 Å². The highest BCUT2D eigenvalue weighted by atomic mass is 16.2. The molecule has 0 N–H and O–H groups in total. The van der Waals surface area contributed by atoms with Gasteiger partial charge >= 0.3 is 0 Å². The minimum Gasteiger partial charge on any atom is -0.357 e. The molecule has 1 amide bonds. The Morgan fingerprint density at radius 2 is 2.15 bits per heavy atom. The van der Waals surface area contributed by atoms with Crippen LogP contribution in [0.5, 0.6) is 0 Å². The van der Waals surface area contributed by atoms with Crippen LogP contribution in [0.25, 0.3) is 10.9 Å². The van der Waals surface area contributed by atoms with Crippen molar-refractivity contribution in [2.75, 3.05) is 31.6 Å². The molecule has 0 radical (unpaired) electrons. The summed E-state index contributed by atoms with van der Waals surface area (Å²) in [4.78, 5) is 24.3. The summed E-state index contributed by atoms with van der Waals surface area (Å²) < 4.78 is 0. The van der Waals surface area contributed by atoms with Gasteiger partial charge in [0.05, 0.1) is 5.52 Å². The van der Waals surface area contributed by atoms with Crippen molar-refractivity contribution in [1.82, 2.24) is 14.9 Å². The average molecular weight is 270 g/mol. The maximum Gasteiger partial charge on any atom is 0.222 e. The Morgan fingerprint density at radius 1 is 1.30 bits per heavy atom. The van der Waals surface area contributed by atoms with Gasteiger partial charge in [-0.2, -0.15) is 0 Å². The molecule has 1 aliphatic rings. The first-order valence-electron chi connectivity index (χ1n) is 6.94. The number of nitrogens with zero attached hydrogens (tertiary/aromatic N) is 4. The predicted octanol–water partition coefficient (Wildman–Crippen LogP) is 1.69. The molecule has 2 aromatic rings. The smallest absolute Gasteiger partial charge is 0.222 e. The normalized spacial score (nSPS) is 15.1. The van der Waals surface area contributed by atoms with Crippen LogP contribution in [0.1, 0.15) is 12.8 Å². The summed E-state index contributed by atoms with van der Waals surface area (Å²) in [5.41, 5.74) is 0.946. The fraction of sp³-hybridized carbons (Fsp3) is 0.400. The number of amides is 1. The zero-order valence-corrected chi connectivity index (χ0v) is 11.6. The maximum absolute atomic E-state index is 11.6. The van der Waals surface area contributed by atoms with Gasteiger partial charge in [-0.25, -0.2) is 9.97 Å². The molecule has 1 aromatic heterocycles. The van der Waals surface area contributed by atoms with Crippen LogP contribution in [0, 0.1) is 0 Å². The Labute approximate surface area is 118 Å². The first-order valence-corrected chi connectivity index (χ1v) is 6.94. The third kappa shape index (κ3) is 2.43. The summed E-state index contributed by atoms with van der Waals surface area (Å²) in [7, 11) is 2.01. The number of rotatable bonds is 4. The van der Waals surface area contributed by atoms with E-state index in [4.69, 9.17) is 0 Å². The van der Waals surface area contributed by atoms with E-state index < -0.39 is 0 Å². The molecule has 5 nitrogen and oxygen atoms in total. The van der Waals surface area contributed by atoms with Gasteiger partial charge in [-0.05, 0) is 18.6 Å². The van der Waals surface area contributed by atoms with Gasteiger partial charge in [-0.3, -0.25) is 4.79 Å². The molecule has 5 heteroatoms. The second kappa shape index (κ2) is 5.45. The van der Waals surface area contributed by atoms with Gasteiger partial charge in [0.1, 0.15) is 12.1 Å². The molecule has 0 aliphatic carbocycles. The van der Waals surface area contributed by atoms with Crippen LogP contribution in [0.4, 0.5) is 5.82 Å². The molecular formula is C15H18N4O. The van der Waals surface area contributed by atoms with Crippen molar-refractivity contribution in [3.05, 3.63) is 30.6 Å². The molecule has 0 atom stereocenters. The molecule has 1 aliphatic heterocycles. The lowest BCUT2D eigenvalue weighted by Gasteiger charge is -2.23. The number of carbonyl (C=O) groups excluding carboxylic acids is 1. The van der Waals surface area contributed by atoms with Crippen molar-refractivity contribution >= 4 is 22.6 Å². The zero-order valence-electron chi connectivity index (χ0n) is 11.6. The second-order valence-electron chi connectivity index (χ2n) is 5.12. The number of hydrogen-bond acceptors (Lipinski definition) is 4. The van der Waals surface area contributed by atoms with Crippen molar-refractivity contribution in [3.63, 3.8) is 0 Å². The van der Waals surface area contributed by atoms with E-state index in [1.54, 1.807) is 6.33 Å². The topological polar surface area (TPSA) is 49.3 Å². The molecular weight excluding hydrogens is 252 g/mol. The molecule has 3 rings (SSSR count). The molecule has 104 valence electrons. The molecule has 1 aromatic carbocycles. The van der Waals surface area contributed by atoms with Gasteiger partial charge in [-0.15, -0.1) is 0 Å². The first-order chi connectivity index (χ1) is 9.75. The minimum atomic E-state index is 0.269. The predicted molar refractivity (Wildman–Crippen MR) is 78.6 cm³/mol. The van der Waals surface area contributed by atoms with Crippen LogP contribution < -0.4 is 4.90 Å². The number of benzene rings is 1. The number of aromatic nitrogens is 2. The number of para-hydroxylation sites is 1. The Kier molecular flexibility index (Phi) is 3.50. The highest BCUT2D eigenvalue weighted by Crippen LogP contribution is 2.21. The molecule has 0 spiro atoms. The van der Waals surface area contributed by atoms with Gasteiger partial charge in [0, 0.05) is 38.5 Å². The number of anilines is 1. The molecule has 0 unspecified atom stereocenters. The number of carbonyl (C=O) groups is 1. The minimum absolute atomic E-state index is 0.269. The van der Waals surface area contributed by atoms with E-state index in [0.29, 0.717) is 6.42 Å². The fourth-order valence-corrected chi connectivity index (χ4v) is 2.61.